The Hall–Kier alpha value is -3.86. The Morgan fingerprint density at radius 1 is 0.853 bits per heavy atom. The number of aryl methyl sites for hydroxylation is 2. The van der Waals surface area contributed by atoms with Crippen LogP contribution in [0.5, 0.6) is 5.75 Å². The van der Waals surface area contributed by atoms with Gasteiger partial charge in [0.15, 0.2) is 0 Å². The second kappa shape index (κ2) is 9.18. The molecule has 2 heterocycles. The summed E-state index contributed by atoms with van der Waals surface area (Å²) in [5.41, 5.74) is 5.54. The zero-order chi connectivity index (χ0) is 23.7. The maximum absolute atomic E-state index is 13.9. The van der Waals surface area contributed by atoms with Crippen LogP contribution in [0.3, 0.4) is 0 Å². The lowest BCUT2D eigenvalue weighted by Crippen LogP contribution is -2.37. The molecule has 0 fully saturated rings. The summed E-state index contributed by atoms with van der Waals surface area (Å²) in [6.45, 7) is 5.27. The first-order valence-corrected chi connectivity index (χ1v) is 11.9. The van der Waals surface area contributed by atoms with Crippen molar-refractivity contribution in [1.82, 2.24) is 0 Å². The van der Waals surface area contributed by atoms with Crippen molar-refractivity contribution in [3.05, 3.63) is 95.2 Å². The number of carbonyl (C=O) groups excluding carboxylic acids is 2. The van der Waals surface area contributed by atoms with E-state index in [1.54, 1.807) is 0 Å². The molecular weight excluding hydrogens is 424 g/mol. The normalized spacial score (nSPS) is 15.7. The molecule has 0 aliphatic carbocycles. The Balaban J connectivity index is 1.64. The minimum Gasteiger partial charge on any atom is -0.494 e. The minimum atomic E-state index is -0.295. The Labute approximate surface area is 200 Å². The van der Waals surface area contributed by atoms with Gasteiger partial charge in [0.05, 0.1) is 17.9 Å². The highest BCUT2D eigenvalue weighted by Crippen LogP contribution is 2.39. The van der Waals surface area contributed by atoms with E-state index in [0.717, 1.165) is 36.3 Å². The van der Waals surface area contributed by atoms with E-state index in [2.05, 4.69) is 13.0 Å². The maximum atomic E-state index is 13.9. The number of nitrogens with zero attached hydrogens (tertiary/aromatic N) is 2. The predicted octanol–water partition coefficient (Wildman–Crippen LogP) is 5.39. The molecule has 3 aromatic carbocycles. The number of ether oxygens (including phenoxy) is 1. The largest absolute Gasteiger partial charge is 0.494 e. The monoisotopic (exact) mass is 452 g/mol. The molecule has 0 N–H and O–H groups in total. The molecule has 0 saturated carbocycles. The van der Waals surface area contributed by atoms with Gasteiger partial charge in [-0.05, 0) is 73.2 Å². The quantitative estimate of drug-likeness (QED) is 0.471. The first-order chi connectivity index (χ1) is 16.6. The van der Waals surface area contributed by atoms with Crippen LogP contribution < -0.4 is 14.5 Å². The Morgan fingerprint density at radius 3 is 2.29 bits per heavy atom. The van der Waals surface area contributed by atoms with Gasteiger partial charge in [-0.1, -0.05) is 49.4 Å². The summed E-state index contributed by atoms with van der Waals surface area (Å²) in [4.78, 5) is 31.1. The second-order valence-corrected chi connectivity index (χ2v) is 8.53. The van der Waals surface area contributed by atoms with Crippen LogP contribution in [0.15, 0.2) is 78.5 Å². The lowest BCUT2D eigenvalue weighted by Gasteiger charge is -2.32. The average molecular weight is 453 g/mol. The molecule has 5 nitrogen and oxygen atoms in total. The summed E-state index contributed by atoms with van der Waals surface area (Å²) in [5, 5.41) is 0. The van der Waals surface area contributed by atoms with Crippen LogP contribution in [0.25, 0.3) is 5.57 Å². The summed E-state index contributed by atoms with van der Waals surface area (Å²) in [5.74, 6) is 0.159. The molecule has 34 heavy (non-hydrogen) atoms. The highest BCUT2D eigenvalue weighted by molar-refractivity contribution is 6.46. The zero-order valence-corrected chi connectivity index (χ0v) is 19.6. The lowest BCUT2D eigenvalue weighted by molar-refractivity contribution is -0.120. The molecular formula is C29H28N2O3. The molecule has 0 bridgehead atoms. The number of carbonyl (C=O) groups is 2. The van der Waals surface area contributed by atoms with E-state index in [4.69, 9.17) is 4.74 Å². The summed E-state index contributed by atoms with van der Waals surface area (Å²) in [6, 6.07) is 23.2. The van der Waals surface area contributed by atoms with Crippen LogP contribution >= 0.6 is 0 Å². The van der Waals surface area contributed by atoms with Crippen LogP contribution in [0.2, 0.25) is 0 Å². The van der Waals surface area contributed by atoms with Crippen molar-refractivity contribution >= 4 is 28.8 Å². The average Bonchev–Trinajstić information content (AvgIpc) is 3.14. The van der Waals surface area contributed by atoms with E-state index in [-0.39, 0.29) is 11.8 Å². The second-order valence-electron chi connectivity index (χ2n) is 8.53. The Morgan fingerprint density at radius 2 is 1.59 bits per heavy atom. The summed E-state index contributed by atoms with van der Waals surface area (Å²) >= 11 is 0. The van der Waals surface area contributed by atoms with Crippen molar-refractivity contribution < 1.29 is 14.3 Å². The van der Waals surface area contributed by atoms with Gasteiger partial charge in [0.2, 0.25) is 0 Å². The number of rotatable bonds is 6. The van der Waals surface area contributed by atoms with Crippen molar-refractivity contribution in [2.75, 3.05) is 23.0 Å². The number of amides is 2. The van der Waals surface area contributed by atoms with Crippen LogP contribution in [0, 0.1) is 0 Å². The first kappa shape index (κ1) is 22.0. The summed E-state index contributed by atoms with van der Waals surface area (Å²) in [6.07, 6.45) is 2.78. The van der Waals surface area contributed by atoms with Crippen molar-refractivity contribution in [1.29, 1.82) is 0 Å². The van der Waals surface area contributed by atoms with Crippen LogP contribution in [0.4, 0.5) is 11.4 Å². The first-order valence-electron chi connectivity index (χ1n) is 11.9. The topological polar surface area (TPSA) is 49.9 Å². The van der Waals surface area contributed by atoms with Crippen LogP contribution in [0.1, 0.15) is 37.0 Å². The molecule has 2 aliphatic rings. The van der Waals surface area contributed by atoms with Gasteiger partial charge < -0.3 is 9.64 Å². The van der Waals surface area contributed by atoms with Crippen LogP contribution in [-0.4, -0.2) is 25.0 Å². The number of hydrogen-bond donors (Lipinski definition) is 0. The standard InChI is InChI=1S/C29H28N2O3/c1-3-20-11-15-23(16-12-20)31-28(32)26(22-13-17-24(18-14-22)34-4-2)27(29(31)33)30-19-7-9-21-8-5-6-10-25(21)30/h5-6,8,10-18H,3-4,7,9,19H2,1-2H3. The van der Waals surface area contributed by atoms with E-state index in [1.807, 2.05) is 78.6 Å². The number of hydrogen-bond acceptors (Lipinski definition) is 4. The number of imide groups is 1. The van der Waals surface area contributed by atoms with Gasteiger partial charge >= 0.3 is 0 Å². The fourth-order valence-corrected chi connectivity index (χ4v) is 4.79. The molecule has 3 aromatic rings. The third-order valence-electron chi connectivity index (χ3n) is 6.50. The van der Waals surface area contributed by atoms with E-state index in [1.165, 1.54) is 10.5 Å². The minimum absolute atomic E-state index is 0.283. The van der Waals surface area contributed by atoms with Crippen LogP contribution in [-0.2, 0) is 22.4 Å². The molecule has 172 valence electrons. The maximum Gasteiger partial charge on any atom is 0.282 e. The molecule has 2 aliphatic heterocycles. The van der Waals surface area contributed by atoms with Gasteiger partial charge in [0, 0.05) is 12.2 Å². The Kier molecular flexibility index (Phi) is 5.93. The van der Waals surface area contributed by atoms with Crippen molar-refractivity contribution in [2.24, 2.45) is 0 Å². The molecule has 0 unspecified atom stereocenters. The van der Waals surface area contributed by atoms with E-state index >= 15 is 0 Å². The third-order valence-corrected chi connectivity index (χ3v) is 6.50. The number of benzene rings is 3. The van der Waals surface area contributed by atoms with Gasteiger partial charge in [-0.15, -0.1) is 0 Å². The zero-order valence-electron chi connectivity index (χ0n) is 19.6. The molecule has 5 rings (SSSR count). The smallest absolute Gasteiger partial charge is 0.282 e. The van der Waals surface area contributed by atoms with E-state index in [0.29, 0.717) is 35.7 Å². The highest BCUT2D eigenvalue weighted by Gasteiger charge is 2.43. The lowest BCUT2D eigenvalue weighted by atomic mass is 9.98. The van der Waals surface area contributed by atoms with Gasteiger partial charge in [-0.3, -0.25) is 9.59 Å². The molecule has 0 radical (unpaired) electrons. The number of fused-ring (bicyclic) bond motifs is 1. The van der Waals surface area contributed by atoms with E-state index in [9.17, 15) is 9.59 Å². The van der Waals surface area contributed by atoms with Crippen molar-refractivity contribution in [3.63, 3.8) is 0 Å². The third kappa shape index (κ3) is 3.77. The van der Waals surface area contributed by atoms with Gasteiger partial charge in [0.1, 0.15) is 11.4 Å². The fraction of sp³-hybridized carbons (Fsp3) is 0.241. The summed E-state index contributed by atoms with van der Waals surface area (Å²) < 4.78 is 5.58. The van der Waals surface area contributed by atoms with Crippen molar-refractivity contribution in [3.8, 4) is 5.75 Å². The van der Waals surface area contributed by atoms with Gasteiger partial charge in [0.25, 0.3) is 11.8 Å². The van der Waals surface area contributed by atoms with Gasteiger partial charge in [-0.2, -0.15) is 0 Å². The van der Waals surface area contributed by atoms with E-state index < -0.39 is 0 Å². The predicted molar refractivity (Wildman–Crippen MR) is 135 cm³/mol. The molecule has 2 amide bonds. The fourth-order valence-electron chi connectivity index (χ4n) is 4.79. The number of anilines is 2. The molecule has 0 aromatic heterocycles. The highest BCUT2D eigenvalue weighted by atomic mass is 16.5. The molecule has 0 saturated heterocycles. The molecule has 0 spiro atoms. The Bertz CT molecular complexity index is 1260. The number of para-hydroxylation sites is 1. The molecule has 0 atom stereocenters. The SMILES string of the molecule is CCOc1ccc(C2=C(N3CCCc4ccccc43)C(=O)N(c3ccc(CC)cc3)C2=O)cc1. The van der Waals surface area contributed by atoms with Crippen molar-refractivity contribution in [2.45, 2.75) is 33.1 Å². The summed E-state index contributed by atoms with van der Waals surface area (Å²) in [7, 11) is 0. The van der Waals surface area contributed by atoms with Gasteiger partial charge in [-0.25, -0.2) is 4.90 Å². The molecule has 5 heteroatoms.